The van der Waals surface area contributed by atoms with Gasteiger partial charge < -0.3 is 5.11 Å². The van der Waals surface area contributed by atoms with Crippen molar-refractivity contribution in [1.29, 1.82) is 0 Å². The molecule has 1 N–H and O–H groups in total. The summed E-state index contributed by atoms with van der Waals surface area (Å²) in [7, 11) is -3.05. The van der Waals surface area contributed by atoms with E-state index in [-0.39, 0.29) is 6.61 Å². The van der Waals surface area contributed by atoms with E-state index in [0.717, 1.165) is 22.1 Å². The van der Waals surface area contributed by atoms with Crippen LogP contribution in [0.4, 0.5) is 0 Å². The van der Waals surface area contributed by atoms with Gasteiger partial charge >= 0.3 is 0 Å². The van der Waals surface area contributed by atoms with Crippen LogP contribution in [0.25, 0.3) is 0 Å². The molecule has 20 heavy (non-hydrogen) atoms. The Hall–Kier alpha value is -0.520. The summed E-state index contributed by atoms with van der Waals surface area (Å²) in [5.74, 6) is 7.10. The summed E-state index contributed by atoms with van der Waals surface area (Å²) in [4.78, 5) is 4.03. The van der Waals surface area contributed by atoms with Crippen LogP contribution in [0.5, 0.6) is 0 Å². The lowest BCUT2D eigenvalue weighted by atomic mass is 10.4. The summed E-state index contributed by atoms with van der Waals surface area (Å²) in [5, 5.41) is 8.28. The van der Waals surface area contributed by atoms with Gasteiger partial charge in [0.1, 0.15) is 12.0 Å². The van der Waals surface area contributed by atoms with Crippen molar-refractivity contribution < 1.29 is 13.5 Å². The number of hydrogen-bond donors (Lipinski definition) is 1. The standard InChI is InChI=1S/C13H17NO3S3/c1-20(16,17)13-10-18-8-6-14(13)9-12-5-4-11(19-12)3-2-7-15/h4-5,13,15H,6-10H2,1H3. The van der Waals surface area contributed by atoms with Crippen LogP contribution in [-0.2, 0) is 16.4 Å². The Morgan fingerprint density at radius 1 is 1.50 bits per heavy atom. The molecule has 1 saturated heterocycles. The first-order valence-corrected chi connectivity index (χ1v) is 10.1. The van der Waals surface area contributed by atoms with Crippen molar-refractivity contribution in [3.8, 4) is 11.8 Å². The minimum atomic E-state index is -3.05. The molecule has 110 valence electrons. The van der Waals surface area contributed by atoms with E-state index in [4.69, 9.17) is 5.11 Å². The summed E-state index contributed by atoms with van der Waals surface area (Å²) < 4.78 is 23.7. The predicted octanol–water partition coefficient (Wildman–Crippen LogP) is 1.01. The molecule has 7 heteroatoms. The maximum Gasteiger partial charge on any atom is 0.164 e. The zero-order chi connectivity index (χ0) is 14.6. The number of aliphatic hydroxyl groups excluding tert-OH is 1. The van der Waals surface area contributed by atoms with E-state index in [2.05, 4.69) is 11.8 Å². The Labute approximate surface area is 128 Å². The molecule has 1 atom stereocenters. The lowest BCUT2D eigenvalue weighted by molar-refractivity contribution is 0.264. The van der Waals surface area contributed by atoms with Gasteiger partial charge in [-0.2, -0.15) is 11.8 Å². The summed E-state index contributed by atoms with van der Waals surface area (Å²) in [6.45, 7) is 1.29. The Bertz CT molecular complexity index is 612. The lowest BCUT2D eigenvalue weighted by Gasteiger charge is -2.33. The Morgan fingerprint density at radius 3 is 3.00 bits per heavy atom. The van der Waals surface area contributed by atoms with E-state index >= 15 is 0 Å². The smallest absolute Gasteiger partial charge is 0.164 e. The van der Waals surface area contributed by atoms with Crippen molar-refractivity contribution in [2.24, 2.45) is 0 Å². The van der Waals surface area contributed by atoms with Gasteiger partial charge in [0.15, 0.2) is 9.84 Å². The monoisotopic (exact) mass is 331 g/mol. The van der Waals surface area contributed by atoms with Crippen molar-refractivity contribution >= 4 is 32.9 Å². The Morgan fingerprint density at radius 2 is 2.30 bits per heavy atom. The molecule has 0 amide bonds. The normalized spacial score (nSPS) is 20.4. The fraction of sp³-hybridized carbons (Fsp3) is 0.538. The summed E-state index contributed by atoms with van der Waals surface area (Å²) >= 11 is 3.24. The van der Waals surface area contributed by atoms with Crippen LogP contribution < -0.4 is 0 Å². The molecular weight excluding hydrogens is 314 g/mol. The van der Waals surface area contributed by atoms with Crippen molar-refractivity contribution in [3.05, 3.63) is 21.9 Å². The molecule has 0 radical (unpaired) electrons. The summed E-state index contributed by atoms with van der Waals surface area (Å²) in [6, 6.07) is 3.89. The highest BCUT2D eigenvalue weighted by Crippen LogP contribution is 2.25. The number of sulfone groups is 1. The van der Waals surface area contributed by atoms with Gasteiger partial charge in [0, 0.05) is 35.7 Å². The van der Waals surface area contributed by atoms with E-state index in [1.165, 1.54) is 6.26 Å². The maximum atomic E-state index is 11.8. The number of aliphatic hydroxyl groups is 1. The van der Waals surface area contributed by atoms with Crippen molar-refractivity contribution in [3.63, 3.8) is 0 Å². The minimum absolute atomic E-state index is 0.146. The van der Waals surface area contributed by atoms with Crippen molar-refractivity contribution in [1.82, 2.24) is 4.90 Å². The van der Waals surface area contributed by atoms with Gasteiger partial charge in [0.05, 0.1) is 4.88 Å². The topological polar surface area (TPSA) is 57.6 Å². The van der Waals surface area contributed by atoms with Gasteiger partial charge in [-0.05, 0) is 12.1 Å². The summed E-state index contributed by atoms with van der Waals surface area (Å²) in [5.41, 5.74) is 0. The van der Waals surface area contributed by atoms with E-state index in [9.17, 15) is 8.42 Å². The molecule has 1 aromatic heterocycles. The quantitative estimate of drug-likeness (QED) is 0.838. The molecule has 0 spiro atoms. The second kappa shape index (κ2) is 6.96. The van der Waals surface area contributed by atoms with Gasteiger partial charge in [0.2, 0.25) is 0 Å². The molecule has 0 aromatic carbocycles. The van der Waals surface area contributed by atoms with Gasteiger partial charge in [-0.15, -0.1) is 11.3 Å². The molecular formula is C13H17NO3S3. The zero-order valence-electron chi connectivity index (χ0n) is 11.2. The zero-order valence-corrected chi connectivity index (χ0v) is 13.7. The molecule has 1 unspecified atom stereocenters. The molecule has 1 fully saturated rings. The molecule has 4 nitrogen and oxygen atoms in total. The first kappa shape index (κ1) is 15.9. The Balaban J connectivity index is 2.09. The third kappa shape index (κ3) is 4.24. The first-order valence-electron chi connectivity index (χ1n) is 6.20. The van der Waals surface area contributed by atoms with Gasteiger partial charge in [0.25, 0.3) is 0 Å². The molecule has 0 saturated carbocycles. The molecule has 1 aromatic rings. The van der Waals surface area contributed by atoms with Crippen molar-refractivity contribution in [2.75, 3.05) is 30.9 Å². The van der Waals surface area contributed by atoms with Crippen LogP contribution in [0, 0.1) is 11.8 Å². The molecule has 2 heterocycles. The highest BCUT2D eigenvalue weighted by atomic mass is 32.2. The van der Waals surface area contributed by atoms with Crippen LogP contribution in [0.2, 0.25) is 0 Å². The predicted molar refractivity (Wildman–Crippen MR) is 84.6 cm³/mol. The number of nitrogens with zero attached hydrogens (tertiary/aromatic N) is 1. The minimum Gasteiger partial charge on any atom is -0.384 e. The van der Waals surface area contributed by atoms with Crippen LogP contribution in [0.15, 0.2) is 12.1 Å². The average Bonchev–Trinajstić information content (AvgIpc) is 2.83. The third-order valence-corrected chi connectivity index (χ3v) is 6.67. The van der Waals surface area contributed by atoms with Crippen LogP contribution in [-0.4, -0.2) is 54.7 Å². The maximum absolute atomic E-state index is 11.8. The highest BCUT2D eigenvalue weighted by Gasteiger charge is 2.30. The number of hydrogen-bond acceptors (Lipinski definition) is 6. The van der Waals surface area contributed by atoms with Gasteiger partial charge in [-0.25, -0.2) is 8.42 Å². The third-order valence-electron chi connectivity index (χ3n) is 3.00. The number of thiophene rings is 1. The molecule has 0 bridgehead atoms. The fourth-order valence-corrected chi connectivity index (χ4v) is 5.90. The fourth-order valence-electron chi connectivity index (χ4n) is 2.05. The van der Waals surface area contributed by atoms with Gasteiger partial charge in [-0.1, -0.05) is 11.8 Å². The second-order valence-electron chi connectivity index (χ2n) is 4.56. The molecule has 2 rings (SSSR count). The van der Waals surface area contributed by atoms with Crippen LogP contribution in [0.1, 0.15) is 9.75 Å². The van der Waals surface area contributed by atoms with Crippen molar-refractivity contribution in [2.45, 2.75) is 11.9 Å². The van der Waals surface area contributed by atoms with E-state index in [1.54, 1.807) is 23.1 Å². The summed E-state index contributed by atoms with van der Waals surface area (Å²) in [6.07, 6.45) is 1.31. The molecule has 1 aliphatic heterocycles. The van der Waals surface area contributed by atoms with E-state index < -0.39 is 15.2 Å². The van der Waals surface area contributed by atoms with E-state index in [0.29, 0.717) is 12.3 Å². The largest absolute Gasteiger partial charge is 0.384 e. The first-order chi connectivity index (χ1) is 9.50. The SMILES string of the molecule is CS(=O)(=O)C1CSCCN1Cc1ccc(C#CCO)s1. The molecule has 1 aliphatic rings. The van der Waals surface area contributed by atoms with Crippen LogP contribution in [0.3, 0.4) is 0 Å². The average molecular weight is 331 g/mol. The molecule has 0 aliphatic carbocycles. The highest BCUT2D eigenvalue weighted by molar-refractivity contribution is 8.00. The second-order valence-corrected chi connectivity index (χ2v) is 9.08. The van der Waals surface area contributed by atoms with Gasteiger partial charge in [-0.3, -0.25) is 4.90 Å². The lowest BCUT2D eigenvalue weighted by Crippen LogP contribution is -2.46. The number of thioether (sulfide) groups is 1. The number of rotatable bonds is 3. The van der Waals surface area contributed by atoms with E-state index in [1.807, 2.05) is 17.0 Å². The van der Waals surface area contributed by atoms with Crippen LogP contribution >= 0.6 is 23.1 Å². The Kier molecular flexibility index (Phi) is 5.52.